The molecule has 0 aliphatic heterocycles. The molecule has 0 unspecified atom stereocenters. The van der Waals surface area contributed by atoms with Gasteiger partial charge in [0.05, 0.1) is 19.0 Å². The van der Waals surface area contributed by atoms with Gasteiger partial charge in [0.2, 0.25) is 0 Å². The van der Waals surface area contributed by atoms with Crippen molar-refractivity contribution in [1.29, 1.82) is 0 Å². The van der Waals surface area contributed by atoms with Crippen molar-refractivity contribution in [2.24, 2.45) is 0 Å². The average molecular weight is 153 g/mol. The van der Waals surface area contributed by atoms with E-state index in [4.69, 9.17) is 16.2 Å². The molecule has 0 bridgehead atoms. The Morgan fingerprint density at radius 2 is 2.09 bits per heavy atom. The van der Waals surface area contributed by atoms with Crippen molar-refractivity contribution in [2.45, 2.75) is 6.92 Å². The van der Waals surface area contributed by atoms with Gasteiger partial charge in [0, 0.05) is 5.56 Å². The van der Waals surface area contributed by atoms with Gasteiger partial charge in [0.1, 0.15) is 0 Å². The van der Waals surface area contributed by atoms with Gasteiger partial charge in [-0.2, -0.15) is 0 Å². The van der Waals surface area contributed by atoms with Crippen LogP contribution >= 0.6 is 0 Å². The SMILES string of the molecule is COc1c(N)ncc(N)c1C. The van der Waals surface area contributed by atoms with Gasteiger partial charge >= 0.3 is 0 Å². The van der Waals surface area contributed by atoms with Gasteiger partial charge in [0.25, 0.3) is 0 Å². The van der Waals surface area contributed by atoms with E-state index in [0.717, 1.165) is 5.56 Å². The lowest BCUT2D eigenvalue weighted by molar-refractivity contribution is 0.412. The first-order chi connectivity index (χ1) is 5.16. The Morgan fingerprint density at radius 1 is 1.45 bits per heavy atom. The first-order valence-electron chi connectivity index (χ1n) is 3.21. The fourth-order valence-electron chi connectivity index (χ4n) is 0.875. The Bertz CT molecular complexity index is 273. The minimum Gasteiger partial charge on any atom is -0.493 e. The number of nitrogens with zero attached hydrogens (tertiary/aromatic N) is 1. The Hall–Kier alpha value is -1.45. The highest BCUT2D eigenvalue weighted by Crippen LogP contribution is 2.26. The summed E-state index contributed by atoms with van der Waals surface area (Å²) >= 11 is 0. The molecule has 60 valence electrons. The number of pyridine rings is 1. The molecule has 11 heavy (non-hydrogen) atoms. The summed E-state index contributed by atoms with van der Waals surface area (Å²) in [6.07, 6.45) is 1.52. The predicted octanol–water partition coefficient (Wildman–Crippen LogP) is 0.563. The summed E-state index contributed by atoms with van der Waals surface area (Å²) in [7, 11) is 1.54. The van der Waals surface area contributed by atoms with Crippen molar-refractivity contribution in [2.75, 3.05) is 18.6 Å². The minimum absolute atomic E-state index is 0.374. The van der Waals surface area contributed by atoms with E-state index in [0.29, 0.717) is 17.3 Å². The highest BCUT2D eigenvalue weighted by atomic mass is 16.5. The number of methoxy groups -OCH3 is 1. The standard InChI is InChI=1S/C7H11N3O/c1-4-5(8)3-10-7(9)6(4)11-2/h3H,8H2,1-2H3,(H2,9,10). The Labute approximate surface area is 65.2 Å². The Morgan fingerprint density at radius 3 is 2.55 bits per heavy atom. The van der Waals surface area contributed by atoms with Crippen molar-refractivity contribution in [3.05, 3.63) is 11.8 Å². The number of nitrogens with two attached hydrogens (primary N) is 2. The number of ether oxygens (including phenoxy) is 1. The maximum Gasteiger partial charge on any atom is 0.166 e. The van der Waals surface area contributed by atoms with Crippen molar-refractivity contribution in [1.82, 2.24) is 4.98 Å². The van der Waals surface area contributed by atoms with Crippen LogP contribution in [-0.4, -0.2) is 12.1 Å². The highest BCUT2D eigenvalue weighted by Gasteiger charge is 2.06. The van der Waals surface area contributed by atoms with Gasteiger partial charge in [-0.1, -0.05) is 0 Å². The summed E-state index contributed by atoms with van der Waals surface area (Å²) in [5, 5.41) is 0. The first-order valence-corrected chi connectivity index (χ1v) is 3.21. The van der Waals surface area contributed by atoms with Crippen LogP contribution in [0.15, 0.2) is 6.20 Å². The molecule has 0 atom stereocenters. The molecule has 0 spiro atoms. The molecule has 4 N–H and O–H groups in total. The summed E-state index contributed by atoms with van der Waals surface area (Å²) in [6, 6.07) is 0. The molecule has 0 aliphatic carbocycles. The lowest BCUT2D eigenvalue weighted by atomic mass is 10.2. The van der Waals surface area contributed by atoms with Crippen molar-refractivity contribution < 1.29 is 4.74 Å². The van der Waals surface area contributed by atoms with Gasteiger partial charge in [-0.25, -0.2) is 4.98 Å². The molecular formula is C7H11N3O. The topological polar surface area (TPSA) is 74.2 Å². The molecule has 0 amide bonds. The van der Waals surface area contributed by atoms with Crippen LogP contribution in [0.1, 0.15) is 5.56 Å². The van der Waals surface area contributed by atoms with Crippen LogP contribution in [0.5, 0.6) is 5.75 Å². The molecule has 1 rings (SSSR count). The van der Waals surface area contributed by atoms with Crippen LogP contribution in [0, 0.1) is 6.92 Å². The lowest BCUT2D eigenvalue weighted by Gasteiger charge is -2.07. The van der Waals surface area contributed by atoms with E-state index in [9.17, 15) is 0 Å². The third kappa shape index (κ3) is 1.19. The number of aromatic nitrogens is 1. The number of nitrogen functional groups attached to an aromatic ring is 2. The molecule has 0 fully saturated rings. The largest absolute Gasteiger partial charge is 0.493 e. The summed E-state index contributed by atoms with van der Waals surface area (Å²) < 4.78 is 4.99. The van der Waals surface area contributed by atoms with E-state index >= 15 is 0 Å². The molecule has 0 saturated carbocycles. The molecule has 1 aromatic rings. The van der Waals surface area contributed by atoms with Crippen LogP contribution in [0.25, 0.3) is 0 Å². The number of hydrogen-bond acceptors (Lipinski definition) is 4. The number of rotatable bonds is 1. The van der Waals surface area contributed by atoms with E-state index in [-0.39, 0.29) is 0 Å². The Balaban J connectivity index is 3.29. The van der Waals surface area contributed by atoms with Gasteiger partial charge in [-0.05, 0) is 6.92 Å². The summed E-state index contributed by atoms with van der Waals surface area (Å²) in [4.78, 5) is 3.84. The maximum atomic E-state index is 5.57. The molecule has 1 aromatic heterocycles. The molecule has 0 saturated heterocycles. The molecule has 0 aliphatic rings. The van der Waals surface area contributed by atoms with Crippen molar-refractivity contribution >= 4 is 11.5 Å². The van der Waals surface area contributed by atoms with Crippen molar-refractivity contribution in [3.63, 3.8) is 0 Å². The smallest absolute Gasteiger partial charge is 0.166 e. The number of hydrogen-bond donors (Lipinski definition) is 2. The molecular weight excluding hydrogens is 142 g/mol. The zero-order valence-corrected chi connectivity index (χ0v) is 6.59. The second-order valence-electron chi connectivity index (χ2n) is 2.26. The van der Waals surface area contributed by atoms with Gasteiger partial charge in [-0.3, -0.25) is 0 Å². The number of anilines is 2. The normalized spacial score (nSPS) is 9.64. The summed E-state index contributed by atoms with van der Waals surface area (Å²) in [6.45, 7) is 1.84. The van der Waals surface area contributed by atoms with Crippen molar-refractivity contribution in [3.8, 4) is 5.75 Å². The second kappa shape index (κ2) is 2.65. The van der Waals surface area contributed by atoms with E-state index in [2.05, 4.69) is 4.98 Å². The zero-order chi connectivity index (χ0) is 8.43. The molecule has 4 heteroatoms. The van der Waals surface area contributed by atoms with Gasteiger partial charge in [-0.15, -0.1) is 0 Å². The van der Waals surface area contributed by atoms with Gasteiger partial charge < -0.3 is 16.2 Å². The fraction of sp³-hybridized carbons (Fsp3) is 0.286. The van der Waals surface area contributed by atoms with E-state index in [1.807, 2.05) is 6.92 Å². The zero-order valence-electron chi connectivity index (χ0n) is 6.59. The van der Waals surface area contributed by atoms with Gasteiger partial charge in [0.15, 0.2) is 11.6 Å². The lowest BCUT2D eigenvalue weighted by Crippen LogP contribution is -2.01. The van der Waals surface area contributed by atoms with Crippen LogP contribution in [0.2, 0.25) is 0 Å². The first kappa shape index (κ1) is 7.65. The monoisotopic (exact) mass is 153 g/mol. The highest BCUT2D eigenvalue weighted by molar-refractivity contribution is 5.60. The summed E-state index contributed by atoms with van der Waals surface area (Å²) in [5.41, 5.74) is 12.5. The Kier molecular flexibility index (Phi) is 1.85. The van der Waals surface area contributed by atoms with Crippen LogP contribution in [0.4, 0.5) is 11.5 Å². The third-order valence-electron chi connectivity index (χ3n) is 1.55. The minimum atomic E-state index is 0.374. The average Bonchev–Trinajstić information content (AvgIpc) is 1.99. The van der Waals surface area contributed by atoms with E-state index in [1.54, 1.807) is 7.11 Å². The maximum absolute atomic E-state index is 5.57. The molecule has 0 aromatic carbocycles. The van der Waals surface area contributed by atoms with Crippen LogP contribution in [-0.2, 0) is 0 Å². The second-order valence-corrected chi connectivity index (χ2v) is 2.26. The third-order valence-corrected chi connectivity index (χ3v) is 1.55. The fourth-order valence-corrected chi connectivity index (χ4v) is 0.875. The van der Waals surface area contributed by atoms with E-state index in [1.165, 1.54) is 6.20 Å². The molecule has 0 radical (unpaired) electrons. The molecule has 4 nitrogen and oxygen atoms in total. The van der Waals surface area contributed by atoms with E-state index < -0.39 is 0 Å². The predicted molar refractivity (Wildman–Crippen MR) is 44.4 cm³/mol. The van der Waals surface area contributed by atoms with Crippen LogP contribution < -0.4 is 16.2 Å². The molecule has 1 heterocycles. The van der Waals surface area contributed by atoms with Crippen LogP contribution in [0.3, 0.4) is 0 Å². The quantitative estimate of drug-likeness (QED) is 0.618. The summed E-state index contributed by atoms with van der Waals surface area (Å²) in [5.74, 6) is 0.934.